The molecule has 0 spiro atoms. The van der Waals surface area contributed by atoms with Crippen molar-refractivity contribution >= 4 is 0 Å². The molecule has 1 aromatic carbocycles. The lowest BCUT2D eigenvalue weighted by molar-refractivity contribution is -1.00. The van der Waals surface area contributed by atoms with E-state index >= 15 is 0 Å². The van der Waals surface area contributed by atoms with E-state index in [1.165, 1.54) is 44.7 Å². The van der Waals surface area contributed by atoms with Crippen molar-refractivity contribution in [1.82, 2.24) is 0 Å². The van der Waals surface area contributed by atoms with Crippen molar-refractivity contribution in [2.75, 3.05) is 39.8 Å². The van der Waals surface area contributed by atoms with Gasteiger partial charge in [-0.05, 0) is 43.4 Å². The number of likely N-dealkylation sites (N-methyl/N-ethyl adjacent to an activating group) is 1. The van der Waals surface area contributed by atoms with Crippen LogP contribution in [-0.4, -0.2) is 45.9 Å². The fourth-order valence-corrected chi connectivity index (χ4v) is 3.59. The van der Waals surface area contributed by atoms with Crippen molar-refractivity contribution in [1.29, 1.82) is 0 Å². The Labute approximate surface area is 142 Å². The number of nitrogens with one attached hydrogen (secondary N) is 2. The molecule has 1 atom stereocenters. The summed E-state index contributed by atoms with van der Waals surface area (Å²) in [4.78, 5) is 3.48. The van der Waals surface area contributed by atoms with Gasteiger partial charge in [-0.25, -0.2) is 0 Å². The van der Waals surface area contributed by atoms with Gasteiger partial charge < -0.3 is 14.5 Å². The molecule has 1 aliphatic heterocycles. The van der Waals surface area contributed by atoms with E-state index in [9.17, 15) is 0 Å². The van der Waals surface area contributed by atoms with Gasteiger partial charge in [-0.3, -0.25) is 0 Å². The summed E-state index contributed by atoms with van der Waals surface area (Å²) in [6.07, 6.45) is 1.53. The monoisotopic (exact) mass is 320 g/mol. The first-order chi connectivity index (χ1) is 11.0. The summed E-state index contributed by atoms with van der Waals surface area (Å²) in [6.45, 7) is 15.5. The summed E-state index contributed by atoms with van der Waals surface area (Å²) in [5.74, 6) is 2.32. The Balaban J connectivity index is 1.92. The first kappa shape index (κ1) is 18.3. The number of ether oxygens (including phenoxy) is 1. The summed E-state index contributed by atoms with van der Waals surface area (Å²) in [5.41, 5.74) is 1.47. The fraction of sp³-hybridized carbons (Fsp3) is 0.700. The summed E-state index contributed by atoms with van der Waals surface area (Å²) >= 11 is 0. The molecule has 1 aliphatic rings. The standard InChI is InChI=1S/C20H34N2O/c1-16(2)20(10-11-22-14-12-21(5)13-15-22)18-6-8-19(9-7-18)23-17(3)4/h6-9,16-17,20H,10-15H2,1-5H3/p+2/t20-/m1/s1. The normalized spacial score (nSPS) is 23.3. The highest BCUT2D eigenvalue weighted by molar-refractivity contribution is 5.29. The number of piperazine rings is 1. The van der Waals surface area contributed by atoms with Crippen molar-refractivity contribution in [3.63, 3.8) is 0 Å². The van der Waals surface area contributed by atoms with Crippen molar-refractivity contribution < 1.29 is 14.5 Å². The zero-order chi connectivity index (χ0) is 16.8. The van der Waals surface area contributed by atoms with E-state index in [1.54, 1.807) is 9.80 Å². The maximum absolute atomic E-state index is 5.77. The summed E-state index contributed by atoms with van der Waals surface area (Å²) < 4.78 is 5.77. The Morgan fingerprint density at radius 3 is 2.09 bits per heavy atom. The second-order valence-corrected chi connectivity index (χ2v) is 7.83. The van der Waals surface area contributed by atoms with E-state index in [-0.39, 0.29) is 6.10 Å². The highest BCUT2D eigenvalue weighted by Crippen LogP contribution is 2.28. The van der Waals surface area contributed by atoms with Gasteiger partial charge in [0.2, 0.25) is 0 Å². The topological polar surface area (TPSA) is 18.1 Å². The van der Waals surface area contributed by atoms with Crippen molar-refractivity contribution in [3.05, 3.63) is 29.8 Å². The third-order valence-electron chi connectivity index (χ3n) is 5.10. The van der Waals surface area contributed by atoms with Crippen LogP contribution in [-0.2, 0) is 0 Å². The van der Waals surface area contributed by atoms with Crippen LogP contribution in [0.4, 0.5) is 0 Å². The zero-order valence-electron chi connectivity index (χ0n) is 15.7. The average molecular weight is 321 g/mol. The van der Waals surface area contributed by atoms with Crippen LogP contribution in [0.5, 0.6) is 5.75 Å². The number of quaternary nitrogens is 2. The van der Waals surface area contributed by atoms with E-state index in [2.05, 4.69) is 59.0 Å². The molecule has 0 radical (unpaired) electrons. The van der Waals surface area contributed by atoms with E-state index in [4.69, 9.17) is 4.74 Å². The molecule has 3 nitrogen and oxygen atoms in total. The minimum atomic E-state index is 0.240. The molecule has 3 heteroatoms. The van der Waals surface area contributed by atoms with Gasteiger partial charge in [-0.2, -0.15) is 0 Å². The molecule has 0 amide bonds. The Morgan fingerprint density at radius 2 is 1.57 bits per heavy atom. The largest absolute Gasteiger partial charge is 0.491 e. The van der Waals surface area contributed by atoms with Gasteiger partial charge in [0.15, 0.2) is 0 Å². The van der Waals surface area contributed by atoms with Gasteiger partial charge in [0.25, 0.3) is 0 Å². The second kappa shape index (κ2) is 8.70. The Morgan fingerprint density at radius 1 is 0.957 bits per heavy atom. The van der Waals surface area contributed by atoms with Gasteiger partial charge in [-0.15, -0.1) is 0 Å². The molecule has 1 saturated heterocycles. The molecule has 0 saturated carbocycles. The van der Waals surface area contributed by atoms with Crippen LogP contribution < -0.4 is 14.5 Å². The fourth-order valence-electron chi connectivity index (χ4n) is 3.59. The second-order valence-electron chi connectivity index (χ2n) is 7.83. The third kappa shape index (κ3) is 5.82. The number of hydrogen-bond acceptors (Lipinski definition) is 1. The highest BCUT2D eigenvalue weighted by Gasteiger charge is 2.23. The smallest absolute Gasteiger partial charge is 0.127 e. The Kier molecular flexibility index (Phi) is 6.91. The lowest BCUT2D eigenvalue weighted by Crippen LogP contribution is -3.27. The molecule has 2 rings (SSSR count). The van der Waals surface area contributed by atoms with E-state index in [1.807, 2.05) is 0 Å². The molecule has 23 heavy (non-hydrogen) atoms. The van der Waals surface area contributed by atoms with E-state index < -0.39 is 0 Å². The summed E-state index contributed by atoms with van der Waals surface area (Å²) in [5, 5.41) is 0. The molecule has 0 bridgehead atoms. The minimum absolute atomic E-state index is 0.240. The van der Waals surface area contributed by atoms with Gasteiger partial charge in [0, 0.05) is 6.42 Å². The number of hydrogen-bond donors (Lipinski definition) is 2. The predicted molar refractivity (Wildman–Crippen MR) is 96.6 cm³/mol. The van der Waals surface area contributed by atoms with Crippen LogP contribution in [0.1, 0.15) is 45.6 Å². The van der Waals surface area contributed by atoms with Gasteiger partial charge in [0.05, 0.1) is 19.7 Å². The molecule has 2 N–H and O–H groups in total. The van der Waals surface area contributed by atoms with E-state index in [0.717, 1.165) is 5.75 Å². The van der Waals surface area contributed by atoms with Crippen LogP contribution in [0.3, 0.4) is 0 Å². The van der Waals surface area contributed by atoms with Gasteiger partial charge in [-0.1, -0.05) is 26.0 Å². The maximum atomic E-state index is 5.77. The highest BCUT2D eigenvalue weighted by atomic mass is 16.5. The van der Waals surface area contributed by atoms with Gasteiger partial charge >= 0.3 is 0 Å². The first-order valence-electron chi connectivity index (χ1n) is 9.37. The summed E-state index contributed by atoms with van der Waals surface area (Å²) in [7, 11) is 2.31. The van der Waals surface area contributed by atoms with Gasteiger partial charge in [0.1, 0.15) is 31.9 Å². The number of rotatable bonds is 7. The average Bonchev–Trinajstić information content (AvgIpc) is 2.50. The Bertz CT molecular complexity index is 447. The quantitative estimate of drug-likeness (QED) is 0.768. The Hall–Kier alpha value is -1.06. The van der Waals surface area contributed by atoms with Crippen molar-refractivity contribution in [2.45, 2.75) is 46.1 Å². The summed E-state index contributed by atoms with van der Waals surface area (Å²) in [6, 6.07) is 8.81. The van der Waals surface area contributed by atoms with Crippen molar-refractivity contribution in [2.24, 2.45) is 5.92 Å². The lowest BCUT2D eigenvalue weighted by atomic mass is 9.85. The number of benzene rings is 1. The molecule has 130 valence electrons. The molecule has 0 aliphatic carbocycles. The zero-order valence-corrected chi connectivity index (χ0v) is 15.7. The van der Waals surface area contributed by atoms with Crippen molar-refractivity contribution in [3.8, 4) is 5.75 Å². The maximum Gasteiger partial charge on any atom is 0.127 e. The molecular formula is C20H36N2O+2. The predicted octanol–water partition coefficient (Wildman–Crippen LogP) is 1.02. The van der Waals surface area contributed by atoms with Crippen LogP contribution in [0, 0.1) is 5.92 Å². The molecule has 1 aromatic rings. The molecular weight excluding hydrogens is 284 g/mol. The molecule has 1 fully saturated rings. The van der Waals surface area contributed by atoms with Crippen LogP contribution in [0.15, 0.2) is 24.3 Å². The third-order valence-corrected chi connectivity index (χ3v) is 5.10. The SMILES string of the molecule is CC(C)Oc1ccc([C@H](CC[NH+]2CC[NH+](C)CC2)C(C)C)cc1. The molecule has 0 unspecified atom stereocenters. The minimum Gasteiger partial charge on any atom is -0.491 e. The molecule has 0 aromatic heterocycles. The van der Waals surface area contributed by atoms with Crippen LogP contribution in [0.2, 0.25) is 0 Å². The molecule has 1 heterocycles. The first-order valence-corrected chi connectivity index (χ1v) is 9.37. The van der Waals surface area contributed by atoms with Crippen LogP contribution in [0.25, 0.3) is 0 Å². The van der Waals surface area contributed by atoms with E-state index in [0.29, 0.717) is 11.8 Å². The lowest BCUT2D eigenvalue weighted by Gasteiger charge is -2.29. The van der Waals surface area contributed by atoms with Crippen LogP contribution >= 0.6 is 0 Å².